The number of benzene rings is 2. The highest BCUT2D eigenvalue weighted by Gasteiger charge is 2.37. The molecule has 0 aliphatic carbocycles. The first-order chi connectivity index (χ1) is 17.5. The first-order valence-electron chi connectivity index (χ1n) is 11.5. The van der Waals surface area contributed by atoms with Crippen LogP contribution in [0.4, 0.5) is 34.1 Å². The number of carbonyl (C=O) groups is 1. The van der Waals surface area contributed by atoms with Crippen LogP contribution in [-0.4, -0.2) is 33.7 Å². The van der Waals surface area contributed by atoms with Crippen molar-refractivity contribution >= 4 is 48.3 Å². The Kier molecular flexibility index (Phi) is 10.2. The first-order valence-corrected chi connectivity index (χ1v) is 12.8. The van der Waals surface area contributed by atoms with Crippen molar-refractivity contribution in [3.8, 4) is 5.75 Å². The minimum Gasteiger partial charge on any atom is -0.423 e. The van der Waals surface area contributed by atoms with E-state index in [1.807, 2.05) is 18.7 Å². The third-order valence-corrected chi connectivity index (χ3v) is 5.89. The summed E-state index contributed by atoms with van der Waals surface area (Å²) in [6.07, 6.45) is -0.129. The summed E-state index contributed by atoms with van der Waals surface area (Å²) < 4.78 is 16.6. The van der Waals surface area contributed by atoms with Gasteiger partial charge in [-0.3, -0.25) is 25.0 Å². The molecule has 1 atom stereocenters. The summed E-state index contributed by atoms with van der Waals surface area (Å²) in [5.41, 5.74) is -0.993. The monoisotopic (exact) mass is 536 g/mol. The van der Waals surface area contributed by atoms with Crippen molar-refractivity contribution in [2.75, 3.05) is 23.3 Å². The van der Waals surface area contributed by atoms with E-state index in [9.17, 15) is 34.5 Å². The van der Waals surface area contributed by atoms with Crippen molar-refractivity contribution in [1.29, 1.82) is 0 Å². The minimum atomic E-state index is -3.73. The number of nitrogens with zero attached hydrogens (tertiary/aromatic N) is 5. The quantitative estimate of drug-likeness (QED) is 0.150. The molecule has 2 aromatic carbocycles. The van der Waals surface area contributed by atoms with Crippen LogP contribution in [0.1, 0.15) is 45.7 Å². The summed E-state index contributed by atoms with van der Waals surface area (Å²) in [6.45, 7) is 9.68. The maximum absolute atomic E-state index is 12.1. The summed E-state index contributed by atoms with van der Waals surface area (Å²) in [4.78, 5) is 45.6. The highest BCUT2D eigenvalue weighted by molar-refractivity contribution is 7.32. The lowest BCUT2D eigenvalue weighted by molar-refractivity contribution is -0.395. The molecule has 0 fully saturated rings. The Balaban J connectivity index is 2.89. The van der Waals surface area contributed by atoms with Gasteiger partial charge < -0.3 is 19.6 Å². The predicted molar refractivity (Wildman–Crippen MR) is 139 cm³/mol. The highest BCUT2D eigenvalue weighted by Crippen LogP contribution is 2.51. The number of rotatable bonds is 12. The average molecular weight is 536 g/mol. The molecular formula is C22H29N6O8P. The van der Waals surface area contributed by atoms with Gasteiger partial charge in [0.2, 0.25) is 11.6 Å². The molecule has 15 heteroatoms. The van der Waals surface area contributed by atoms with Crippen LogP contribution in [0.25, 0.3) is 0 Å². The maximum Gasteiger partial charge on any atom is 0.365 e. The number of nitro groups is 2. The molecule has 0 spiro atoms. The van der Waals surface area contributed by atoms with Crippen molar-refractivity contribution in [3.05, 3.63) is 49.6 Å². The molecule has 37 heavy (non-hydrogen) atoms. The summed E-state index contributed by atoms with van der Waals surface area (Å²) in [7, 11) is -3.73. The summed E-state index contributed by atoms with van der Waals surface area (Å²) >= 11 is 0. The van der Waals surface area contributed by atoms with Crippen LogP contribution in [0.3, 0.4) is 0 Å². The van der Waals surface area contributed by atoms with Crippen molar-refractivity contribution in [2.45, 2.75) is 47.5 Å². The molecule has 0 radical (unpaired) electrons. The normalized spacial score (nSPS) is 11.8. The number of hydrogen-bond acceptors (Lipinski definition) is 10. The molecule has 0 aromatic heterocycles. The molecule has 2 aromatic rings. The third kappa shape index (κ3) is 6.66. The Bertz CT molecular complexity index is 1260. The highest BCUT2D eigenvalue weighted by atomic mass is 31.1. The Morgan fingerprint density at radius 2 is 1.65 bits per heavy atom. The molecule has 200 valence electrons. The molecule has 1 amide bonds. The van der Waals surface area contributed by atoms with E-state index in [4.69, 9.17) is 4.52 Å². The zero-order chi connectivity index (χ0) is 27.9. The molecule has 14 nitrogen and oxygen atoms in total. The fraction of sp³-hybridized carbons (Fsp3) is 0.409. The van der Waals surface area contributed by atoms with Gasteiger partial charge in [-0.2, -0.15) is 0 Å². The first kappa shape index (κ1) is 29.3. The number of anilines is 2. The largest absolute Gasteiger partial charge is 0.423 e. The van der Waals surface area contributed by atoms with E-state index in [0.717, 1.165) is 5.69 Å². The number of hydrogen-bond donors (Lipinski definition) is 2. The molecule has 0 saturated carbocycles. The van der Waals surface area contributed by atoms with Gasteiger partial charge in [-0.25, -0.2) is 4.57 Å². The van der Waals surface area contributed by atoms with Crippen LogP contribution in [0.15, 0.2) is 28.4 Å². The summed E-state index contributed by atoms with van der Waals surface area (Å²) in [5, 5.41) is 34.6. The summed E-state index contributed by atoms with van der Waals surface area (Å²) in [6, 6.07) is 4.96. The van der Waals surface area contributed by atoms with Gasteiger partial charge in [0.1, 0.15) is 11.3 Å². The van der Waals surface area contributed by atoms with Crippen LogP contribution in [0, 0.1) is 20.2 Å². The van der Waals surface area contributed by atoms with Crippen molar-refractivity contribution in [3.63, 3.8) is 0 Å². The predicted octanol–water partition coefficient (Wildman–Crippen LogP) is 5.61. The van der Waals surface area contributed by atoms with E-state index in [1.165, 1.54) is 20.8 Å². The zero-order valence-corrected chi connectivity index (χ0v) is 22.1. The third-order valence-electron chi connectivity index (χ3n) is 5.51. The van der Waals surface area contributed by atoms with Gasteiger partial charge in [-0.05, 0) is 44.9 Å². The molecule has 0 aliphatic heterocycles. The molecule has 0 aliphatic rings. The lowest BCUT2D eigenvalue weighted by Gasteiger charge is -2.22. The molecular weight excluding hydrogens is 507 g/mol. The number of nitro benzene ring substituents is 2. The van der Waals surface area contributed by atoms with Crippen molar-refractivity contribution in [1.82, 2.24) is 0 Å². The van der Waals surface area contributed by atoms with E-state index < -0.39 is 40.9 Å². The van der Waals surface area contributed by atoms with Crippen LogP contribution >= 0.6 is 8.25 Å². The Morgan fingerprint density at radius 1 is 1.05 bits per heavy atom. The topological polar surface area (TPSA) is 190 Å². The lowest BCUT2D eigenvalue weighted by Crippen LogP contribution is -2.21. The molecule has 1 unspecified atom stereocenters. The summed E-state index contributed by atoms with van der Waals surface area (Å²) in [5.74, 6) is -0.951. The average Bonchev–Trinajstić information content (AvgIpc) is 2.82. The smallest absolute Gasteiger partial charge is 0.365 e. The van der Waals surface area contributed by atoms with Gasteiger partial charge in [0, 0.05) is 25.7 Å². The van der Waals surface area contributed by atoms with E-state index >= 15 is 0 Å². The van der Waals surface area contributed by atoms with Crippen LogP contribution in [-0.2, 0) is 22.2 Å². The van der Waals surface area contributed by atoms with Gasteiger partial charge in [-0.1, -0.05) is 13.8 Å². The van der Waals surface area contributed by atoms with Gasteiger partial charge in [0.15, 0.2) is 5.75 Å². The minimum absolute atomic E-state index is 0.0377. The zero-order valence-electron chi connectivity index (χ0n) is 21.1. The molecule has 0 heterocycles. The Hall–Kier alpha value is -3.90. The Morgan fingerprint density at radius 3 is 2.11 bits per heavy atom. The van der Waals surface area contributed by atoms with Gasteiger partial charge in [-0.15, -0.1) is 10.2 Å². The van der Waals surface area contributed by atoms with Crippen molar-refractivity contribution in [2.24, 2.45) is 10.2 Å². The Labute approximate surface area is 213 Å². The second-order valence-electron chi connectivity index (χ2n) is 7.68. The molecule has 0 bridgehead atoms. The number of amides is 1. The van der Waals surface area contributed by atoms with Gasteiger partial charge in [0.05, 0.1) is 21.1 Å². The van der Waals surface area contributed by atoms with Crippen LogP contribution in [0.2, 0.25) is 0 Å². The second kappa shape index (κ2) is 12.9. The molecule has 2 rings (SSSR count). The van der Waals surface area contributed by atoms with E-state index in [0.29, 0.717) is 13.1 Å². The van der Waals surface area contributed by atoms with E-state index in [2.05, 4.69) is 15.5 Å². The van der Waals surface area contributed by atoms with E-state index in [-0.39, 0.29) is 41.3 Å². The fourth-order valence-electron chi connectivity index (χ4n) is 3.96. The number of azo groups is 1. The van der Waals surface area contributed by atoms with Gasteiger partial charge in [0.25, 0.3) is 5.69 Å². The SMILES string of the molecule is CCc1c(O[PH](=O)O)c(N=Nc2ccc(N(CC)CC)cc2NC(C)=O)c([N+](=O)[O-])c(CC)c1[N+](=O)[O-]. The van der Waals surface area contributed by atoms with E-state index in [1.54, 1.807) is 18.2 Å². The van der Waals surface area contributed by atoms with Crippen LogP contribution in [0.5, 0.6) is 5.75 Å². The lowest BCUT2D eigenvalue weighted by atomic mass is 9.98. The maximum atomic E-state index is 12.1. The van der Waals surface area contributed by atoms with Crippen molar-refractivity contribution < 1.29 is 28.6 Å². The fourth-order valence-corrected chi connectivity index (χ4v) is 4.35. The standard InChI is InChI=1S/C22H29N6O8P/c1-6-15-20(27(30)31)16(7-2)22(36-37(34)35)19(21(15)28(32)33)25-24-17-11-10-14(26(8-3)9-4)12-18(17)23-13(5)29/h10-12,37H,6-9H2,1-5H3,(H,23,29)(H,34,35). The second-order valence-corrected chi connectivity index (χ2v) is 8.41. The molecule has 0 saturated heterocycles. The van der Waals surface area contributed by atoms with Crippen LogP contribution < -0.4 is 14.7 Å². The number of nitrogens with one attached hydrogen (secondary N) is 1. The number of carbonyl (C=O) groups excluding carboxylic acids is 1. The van der Waals surface area contributed by atoms with Gasteiger partial charge >= 0.3 is 13.9 Å². The molecule has 2 N–H and O–H groups in total.